The van der Waals surface area contributed by atoms with Gasteiger partial charge in [-0.25, -0.2) is 4.39 Å². The topological polar surface area (TPSA) is 65.9 Å². The van der Waals surface area contributed by atoms with Crippen LogP contribution >= 0.6 is 0 Å². The molecule has 30 heavy (non-hydrogen) atoms. The summed E-state index contributed by atoms with van der Waals surface area (Å²) in [5, 5.41) is 5.52. The van der Waals surface area contributed by atoms with Gasteiger partial charge in [0.05, 0.1) is 7.05 Å². The quantitative estimate of drug-likeness (QED) is 0.652. The molecule has 2 aromatic rings. The Balaban J connectivity index is 1.43. The van der Waals surface area contributed by atoms with E-state index in [0.717, 1.165) is 29.6 Å². The highest BCUT2D eigenvalue weighted by atomic mass is 19.1. The summed E-state index contributed by atoms with van der Waals surface area (Å²) in [5.74, 6) is -0.0549. The van der Waals surface area contributed by atoms with Crippen molar-refractivity contribution >= 4 is 28.9 Å². The van der Waals surface area contributed by atoms with E-state index >= 15 is 0 Å². The molecule has 1 aliphatic heterocycles. The van der Waals surface area contributed by atoms with Gasteiger partial charge in [0.2, 0.25) is 0 Å². The number of likely N-dealkylation sites (N-methyl/N-ethyl adjacent to an activating group) is 1. The Morgan fingerprint density at radius 3 is 2.20 bits per heavy atom. The predicted octanol–water partition coefficient (Wildman–Crippen LogP) is 2.15. The fourth-order valence-electron chi connectivity index (χ4n) is 3.61. The second-order valence-corrected chi connectivity index (χ2v) is 8.13. The van der Waals surface area contributed by atoms with Gasteiger partial charge in [-0.15, -0.1) is 0 Å². The maximum atomic E-state index is 13.2. The number of piperidine rings is 1. The first-order valence-electron chi connectivity index (χ1n) is 10.4. The van der Waals surface area contributed by atoms with Gasteiger partial charge in [0.15, 0.2) is 13.1 Å². The number of halogens is 1. The molecule has 2 amide bonds. The number of nitrogens with zero attached hydrogens (tertiary/aromatic N) is 1. The lowest BCUT2D eigenvalue weighted by atomic mass is 9.99. The van der Waals surface area contributed by atoms with E-state index in [2.05, 4.69) is 22.5 Å². The zero-order valence-corrected chi connectivity index (χ0v) is 17.6. The first kappa shape index (κ1) is 21.8. The molecule has 7 heteroatoms. The van der Waals surface area contributed by atoms with Crippen LogP contribution in [0, 0.1) is 11.7 Å². The summed E-state index contributed by atoms with van der Waals surface area (Å²) in [6.07, 6.45) is 2.42. The summed E-state index contributed by atoms with van der Waals surface area (Å²) < 4.78 is 13.2. The van der Waals surface area contributed by atoms with Crippen LogP contribution in [-0.2, 0) is 9.59 Å². The molecule has 3 rings (SSSR count). The van der Waals surface area contributed by atoms with Crippen LogP contribution in [0.3, 0.4) is 0 Å². The van der Waals surface area contributed by atoms with Gasteiger partial charge < -0.3 is 20.4 Å². The fourth-order valence-corrected chi connectivity index (χ4v) is 3.61. The lowest BCUT2D eigenvalue weighted by Gasteiger charge is -2.32. The Morgan fingerprint density at radius 2 is 1.60 bits per heavy atom. The number of carbonyl (C=O) groups is 2. The average molecular weight is 414 g/mol. The molecule has 3 N–H and O–H groups in total. The fraction of sp³-hybridized carbons (Fsp3) is 0.391. The second-order valence-electron chi connectivity index (χ2n) is 8.13. The van der Waals surface area contributed by atoms with E-state index < -0.39 is 5.82 Å². The highest BCUT2D eigenvalue weighted by Crippen LogP contribution is 2.24. The Hall–Kier alpha value is -2.93. The summed E-state index contributed by atoms with van der Waals surface area (Å²) >= 11 is 0. The van der Waals surface area contributed by atoms with Crippen LogP contribution in [0.5, 0.6) is 0 Å². The monoisotopic (exact) mass is 413 g/mol. The maximum Gasteiger partial charge on any atom is 0.279 e. The van der Waals surface area contributed by atoms with Crippen LogP contribution in [0.1, 0.15) is 19.8 Å². The van der Waals surface area contributed by atoms with Crippen LogP contribution in [0.25, 0.3) is 0 Å². The average Bonchev–Trinajstić information content (AvgIpc) is 2.69. The van der Waals surface area contributed by atoms with Crippen molar-refractivity contribution in [1.82, 2.24) is 0 Å². The third kappa shape index (κ3) is 6.56. The number of rotatable bonds is 7. The largest absolute Gasteiger partial charge is 0.372 e. The summed E-state index contributed by atoms with van der Waals surface area (Å²) in [4.78, 5) is 27.5. The number of carbonyl (C=O) groups excluding carboxylic acids is 2. The minimum Gasteiger partial charge on any atom is -0.372 e. The summed E-state index contributed by atoms with van der Waals surface area (Å²) in [7, 11) is 1.77. The second kappa shape index (κ2) is 10.2. The Bertz CT molecular complexity index is 864. The summed E-state index contributed by atoms with van der Waals surface area (Å²) in [6, 6.07) is 13.6. The third-order valence-electron chi connectivity index (χ3n) is 5.33. The minimum absolute atomic E-state index is 0.107. The molecule has 0 bridgehead atoms. The zero-order chi connectivity index (χ0) is 21.5. The van der Waals surface area contributed by atoms with Crippen LogP contribution in [0.4, 0.5) is 21.5 Å². The molecule has 160 valence electrons. The molecule has 2 aromatic carbocycles. The lowest BCUT2D eigenvalue weighted by Crippen LogP contribution is -3.11. The van der Waals surface area contributed by atoms with Crippen molar-refractivity contribution in [3.8, 4) is 0 Å². The highest BCUT2D eigenvalue weighted by molar-refractivity contribution is 5.93. The molecular formula is C23H30FN4O2+. The number of hydrogen-bond acceptors (Lipinski definition) is 3. The van der Waals surface area contributed by atoms with Gasteiger partial charge in [-0.05, 0) is 61.2 Å². The molecular weight excluding hydrogens is 383 g/mol. The Morgan fingerprint density at radius 1 is 1.00 bits per heavy atom. The molecule has 1 heterocycles. The van der Waals surface area contributed by atoms with Gasteiger partial charge in [-0.3, -0.25) is 9.59 Å². The first-order valence-corrected chi connectivity index (χ1v) is 10.4. The molecule has 0 aliphatic carbocycles. The predicted molar refractivity (Wildman–Crippen MR) is 117 cm³/mol. The molecule has 0 spiro atoms. The molecule has 6 nitrogen and oxygen atoms in total. The Kier molecular flexibility index (Phi) is 7.41. The van der Waals surface area contributed by atoms with Gasteiger partial charge in [0.25, 0.3) is 11.8 Å². The number of anilines is 3. The highest BCUT2D eigenvalue weighted by Gasteiger charge is 2.17. The molecule has 1 aliphatic rings. The Labute approximate surface area is 177 Å². The molecule has 0 saturated carbocycles. The number of amides is 2. The van der Waals surface area contributed by atoms with Crippen molar-refractivity contribution in [1.29, 1.82) is 0 Å². The van der Waals surface area contributed by atoms with Crippen molar-refractivity contribution in [2.75, 3.05) is 48.8 Å². The van der Waals surface area contributed by atoms with Crippen molar-refractivity contribution in [2.45, 2.75) is 19.8 Å². The molecule has 1 unspecified atom stereocenters. The van der Waals surface area contributed by atoms with Crippen molar-refractivity contribution in [3.05, 3.63) is 54.3 Å². The van der Waals surface area contributed by atoms with Crippen LogP contribution in [0.15, 0.2) is 48.5 Å². The molecule has 1 atom stereocenters. The van der Waals surface area contributed by atoms with Gasteiger partial charge in [0, 0.05) is 30.2 Å². The van der Waals surface area contributed by atoms with E-state index in [1.807, 2.05) is 24.3 Å². The first-order chi connectivity index (χ1) is 14.4. The smallest absolute Gasteiger partial charge is 0.279 e. The van der Waals surface area contributed by atoms with Crippen molar-refractivity contribution in [3.63, 3.8) is 0 Å². The van der Waals surface area contributed by atoms with E-state index in [4.69, 9.17) is 0 Å². The lowest BCUT2D eigenvalue weighted by molar-refractivity contribution is -0.862. The van der Waals surface area contributed by atoms with Crippen LogP contribution < -0.4 is 20.4 Å². The molecule has 1 saturated heterocycles. The number of benzene rings is 2. The molecule has 0 radical (unpaired) electrons. The van der Waals surface area contributed by atoms with Crippen molar-refractivity contribution < 1.29 is 18.9 Å². The SMILES string of the molecule is CC1CCN(c2ccc(NC(=O)C[NH+](C)CC(=O)Nc3cccc(F)c3)cc2)CC1. The van der Waals surface area contributed by atoms with Crippen LogP contribution in [0.2, 0.25) is 0 Å². The van der Waals surface area contributed by atoms with E-state index in [9.17, 15) is 14.0 Å². The summed E-state index contributed by atoms with van der Waals surface area (Å²) in [5.41, 5.74) is 2.32. The third-order valence-corrected chi connectivity index (χ3v) is 5.33. The van der Waals surface area contributed by atoms with E-state index in [1.165, 1.54) is 36.7 Å². The molecule has 0 aromatic heterocycles. The maximum absolute atomic E-state index is 13.2. The minimum atomic E-state index is -0.409. The van der Waals surface area contributed by atoms with E-state index in [0.29, 0.717) is 5.69 Å². The normalized spacial score (nSPS) is 15.5. The van der Waals surface area contributed by atoms with E-state index in [1.54, 1.807) is 13.1 Å². The van der Waals surface area contributed by atoms with Gasteiger partial charge in [0.1, 0.15) is 5.82 Å². The van der Waals surface area contributed by atoms with E-state index in [-0.39, 0.29) is 24.9 Å². The molecule has 1 fully saturated rings. The number of hydrogen-bond donors (Lipinski definition) is 3. The standard InChI is InChI=1S/C23H29FN4O2/c1-17-10-12-28(13-11-17)21-8-6-19(7-9-21)25-22(29)15-27(2)16-23(30)26-20-5-3-4-18(24)14-20/h3-9,14,17H,10-13,15-16H2,1-2H3,(H,25,29)(H,26,30)/p+1. The number of quaternary nitrogens is 1. The van der Waals surface area contributed by atoms with Gasteiger partial charge >= 0.3 is 0 Å². The van der Waals surface area contributed by atoms with Crippen molar-refractivity contribution in [2.24, 2.45) is 5.92 Å². The van der Waals surface area contributed by atoms with Gasteiger partial charge in [-0.2, -0.15) is 0 Å². The summed E-state index contributed by atoms with van der Waals surface area (Å²) in [6.45, 7) is 4.69. The zero-order valence-electron chi connectivity index (χ0n) is 17.6. The number of nitrogens with one attached hydrogen (secondary N) is 3. The van der Waals surface area contributed by atoms with Crippen LogP contribution in [-0.4, -0.2) is 45.0 Å². The van der Waals surface area contributed by atoms with Gasteiger partial charge in [-0.1, -0.05) is 13.0 Å².